The molecule has 3 aromatic heterocycles. The van der Waals surface area contributed by atoms with Crippen molar-refractivity contribution in [3.63, 3.8) is 0 Å². The van der Waals surface area contributed by atoms with Crippen LogP contribution in [-0.4, -0.2) is 25.8 Å². The van der Waals surface area contributed by atoms with Crippen LogP contribution in [0.2, 0.25) is 0 Å². The number of hydrogen-bond acceptors (Lipinski definition) is 5. The van der Waals surface area contributed by atoms with Crippen molar-refractivity contribution in [2.45, 2.75) is 20.0 Å². The molecule has 0 aromatic carbocycles. The van der Waals surface area contributed by atoms with Crippen LogP contribution >= 0.6 is 11.3 Å². The van der Waals surface area contributed by atoms with Gasteiger partial charge in [0.15, 0.2) is 0 Å². The Morgan fingerprint density at radius 2 is 2.38 bits per heavy atom. The second-order valence-electron chi connectivity index (χ2n) is 4.55. The summed E-state index contributed by atoms with van der Waals surface area (Å²) in [6.45, 7) is 3.47. The molecule has 3 aromatic rings. The number of aryl methyl sites for hydroxylation is 1. The smallest absolute Gasteiger partial charge is 0.345 e. The summed E-state index contributed by atoms with van der Waals surface area (Å²) in [5.74, 6) is -0.216. The number of carbonyl (C=O) groups is 1. The fourth-order valence-electron chi connectivity index (χ4n) is 2.07. The predicted molar refractivity (Wildman–Crippen MR) is 81.8 cm³/mol. The number of nitrogens with zero attached hydrogens (tertiary/aromatic N) is 3. The molecule has 0 spiro atoms. The largest absolute Gasteiger partial charge is 0.477 e. The van der Waals surface area contributed by atoms with Gasteiger partial charge < -0.3 is 10.4 Å². The van der Waals surface area contributed by atoms with E-state index in [1.54, 1.807) is 12.3 Å². The Labute approximate surface area is 125 Å². The molecule has 108 valence electrons. The van der Waals surface area contributed by atoms with Crippen LogP contribution in [0.4, 0.5) is 5.82 Å². The van der Waals surface area contributed by atoms with Gasteiger partial charge in [0.05, 0.1) is 6.20 Å². The number of aromatic nitrogens is 3. The second kappa shape index (κ2) is 5.53. The maximum atomic E-state index is 11.1. The number of anilines is 1. The van der Waals surface area contributed by atoms with Gasteiger partial charge in [0.1, 0.15) is 10.7 Å². The molecule has 0 bridgehead atoms. The lowest BCUT2D eigenvalue weighted by Gasteiger charge is -2.04. The molecule has 0 aliphatic heterocycles. The van der Waals surface area contributed by atoms with E-state index in [4.69, 9.17) is 5.11 Å². The van der Waals surface area contributed by atoms with Gasteiger partial charge in [-0.1, -0.05) is 0 Å². The van der Waals surface area contributed by atoms with Gasteiger partial charge in [-0.25, -0.2) is 9.78 Å². The van der Waals surface area contributed by atoms with Crippen molar-refractivity contribution in [1.82, 2.24) is 14.8 Å². The topological polar surface area (TPSA) is 80.0 Å². The van der Waals surface area contributed by atoms with Crippen LogP contribution < -0.4 is 5.32 Å². The molecule has 6 nitrogen and oxygen atoms in total. The highest BCUT2D eigenvalue weighted by Crippen LogP contribution is 2.30. The molecule has 0 radical (unpaired) electrons. The zero-order valence-electron chi connectivity index (χ0n) is 11.4. The van der Waals surface area contributed by atoms with E-state index in [1.165, 1.54) is 11.3 Å². The number of hydrogen-bond donors (Lipinski definition) is 2. The molecule has 21 heavy (non-hydrogen) atoms. The number of carboxylic acid groups (broad SMARTS) is 1. The summed E-state index contributed by atoms with van der Waals surface area (Å²) in [6, 6.07) is 3.49. The molecule has 0 aliphatic carbocycles. The van der Waals surface area contributed by atoms with Crippen molar-refractivity contribution in [3.05, 3.63) is 41.2 Å². The summed E-state index contributed by atoms with van der Waals surface area (Å²) in [4.78, 5) is 15.7. The van der Waals surface area contributed by atoms with Crippen molar-refractivity contribution in [1.29, 1.82) is 0 Å². The third-order valence-electron chi connectivity index (χ3n) is 3.13. The van der Waals surface area contributed by atoms with Crippen LogP contribution in [0.3, 0.4) is 0 Å². The molecule has 0 saturated carbocycles. The quantitative estimate of drug-likeness (QED) is 0.757. The second-order valence-corrected chi connectivity index (χ2v) is 5.63. The van der Waals surface area contributed by atoms with Gasteiger partial charge >= 0.3 is 5.97 Å². The highest BCUT2D eigenvalue weighted by molar-refractivity contribution is 7.20. The number of carboxylic acids is 1. The molecule has 2 N–H and O–H groups in total. The van der Waals surface area contributed by atoms with E-state index in [0.29, 0.717) is 17.2 Å². The van der Waals surface area contributed by atoms with Crippen molar-refractivity contribution >= 4 is 33.2 Å². The van der Waals surface area contributed by atoms with E-state index >= 15 is 0 Å². The Morgan fingerprint density at radius 3 is 3.10 bits per heavy atom. The van der Waals surface area contributed by atoms with E-state index in [-0.39, 0.29) is 0 Å². The first kappa shape index (κ1) is 13.6. The first-order valence-corrected chi connectivity index (χ1v) is 7.36. The SMILES string of the molecule is CCn1cc(CNc2nccc3sc(C(=O)O)cc23)cn1. The molecule has 0 saturated heterocycles. The molecule has 0 amide bonds. The lowest BCUT2D eigenvalue weighted by molar-refractivity contribution is 0.0702. The normalized spacial score (nSPS) is 10.9. The molecule has 0 fully saturated rings. The fourth-order valence-corrected chi connectivity index (χ4v) is 2.96. The monoisotopic (exact) mass is 302 g/mol. The van der Waals surface area contributed by atoms with E-state index in [0.717, 1.165) is 22.2 Å². The molecule has 0 unspecified atom stereocenters. The predicted octanol–water partition coefficient (Wildman–Crippen LogP) is 2.82. The summed E-state index contributed by atoms with van der Waals surface area (Å²) in [5, 5.41) is 17.4. The van der Waals surface area contributed by atoms with E-state index < -0.39 is 5.97 Å². The minimum absolute atomic E-state index is 0.319. The molecule has 0 aliphatic rings. The van der Waals surface area contributed by atoms with Crippen LogP contribution in [0.1, 0.15) is 22.2 Å². The van der Waals surface area contributed by atoms with Crippen molar-refractivity contribution in [3.8, 4) is 0 Å². The van der Waals surface area contributed by atoms with Gasteiger partial charge in [-0.3, -0.25) is 4.68 Å². The molecule has 7 heteroatoms. The molecular formula is C14H14N4O2S. The van der Waals surface area contributed by atoms with Gasteiger partial charge in [0, 0.05) is 41.1 Å². The van der Waals surface area contributed by atoms with E-state index in [9.17, 15) is 4.79 Å². The third-order valence-corrected chi connectivity index (χ3v) is 4.22. The number of thiophene rings is 1. The Hall–Kier alpha value is -2.41. The maximum Gasteiger partial charge on any atom is 0.345 e. The summed E-state index contributed by atoms with van der Waals surface area (Å²) in [5.41, 5.74) is 1.06. The van der Waals surface area contributed by atoms with Crippen LogP contribution in [0.25, 0.3) is 10.1 Å². The summed E-state index contributed by atoms with van der Waals surface area (Å²) < 4.78 is 2.77. The van der Waals surface area contributed by atoms with Crippen LogP contribution in [0.15, 0.2) is 30.7 Å². The van der Waals surface area contributed by atoms with Crippen LogP contribution in [-0.2, 0) is 13.1 Å². The van der Waals surface area contributed by atoms with Crippen LogP contribution in [0, 0.1) is 0 Å². The lowest BCUT2D eigenvalue weighted by Crippen LogP contribution is -2.00. The Balaban J connectivity index is 1.84. The number of pyridine rings is 1. The average Bonchev–Trinajstić information content (AvgIpc) is 3.11. The highest BCUT2D eigenvalue weighted by Gasteiger charge is 2.11. The Kier molecular flexibility index (Phi) is 3.57. The van der Waals surface area contributed by atoms with E-state index in [1.807, 2.05) is 30.1 Å². The summed E-state index contributed by atoms with van der Waals surface area (Å²) in [6.07, 6.45) is 5.47. The third kappa shape index (κ3) is 2.73. The zero-order chi connectivity index (χ0) is 14.8. The number of nitrogens with one attached hydrogen (secondary N) is 1. The first-order chi connectivity index (χ1) is 10.2. The van der Waals surface area contributed by atoms with Crippen LogP contribution in [0.5, 0.6) is 0 Å². The van der Waals surface area contributed by atoms with Gasteiger partial charge in [0.2, 0.25) is 0 Å². The summed E-state index contributed by atoms with van der Waals surface area (Å²) in [7, 11) is 0. The Bertz CT molecular complexity index is 793. The standard InChI is InChI=1S/C14H14N4O2S/c1-2-18-8-9(7-17-18)6-16-13-10-5-12(14(19)20)21-11(10)3-4-15-13/h3-5,7-8H,2,6H2,1H3,(H,15,16)(H,19,20). The fraction of sp³-hybridized carbons (Fsp3) is 0.214. The molecule has 3 heterocycles. The highest BCUT2D eigenvalue weighted by atomic mass is 32.1. The zero-order valence-corrected chi connectivity index (χ0v) is 12.2. The molecule has 0 atom stereocenters. The lowest BCUT2D eigenvalue weighted by atomic mass is 10.3. The van der Waals surface area contributed by atoms with Crippen molar-refractivity contribution in [2.75, 3.05) is 5.32 Å². The van der Waals surface area contributed by atoms with Crippen molar-refractivity contribution in [2.24, 2.45) is 0 Å². The summed E-state index contributed by atoms with van der Waals surface area (Å²) >= 11 is 1.25. The van der Waals surface area contributed by atoms with Gasteiger partial charge in [-0.15, -0.1) is 11.3 Å². The number of rotatable bonds is 5. The Morgan fingerprint density at radius 1 is 1.52 bits per heavy atom. The van der Waals surface area contributed by atoms with E-state index in [2.05, 4.69) is 15.4 Å². The minimum atomic E-state index is -0.911. The number of aromatic carboxylic acids is 1. The maximum absolute atomic E-state index is 11.1. The van der Waals surface area contributed by atoms with Gasteiger partial charge in [-0.05, 0) is 19.1 Å². The number of fused-ring (bicyclic) bond motifs is 1. The first-order valence-electron chi connectivity index (χ1n) is 6.54. The molecule has 3 rings (SSSR count). The van der Waals surface area contributed by atoms with Crippen molar-refractivity contribution < 1.29 is 9.90 Å². The molecular weight excluding hydrogens is 288 g/mol. The minimum Gasteiger partial charge on any atom is -0.477 e. The average molecular weight is 302 g/mol. The van der Waals surface area contributed by atoms with Gasteiger partial charge in [0.25, 0.3) is 0 Å². The van der Waals surface area contributed by atoms with Gasteiger partial charge in [-0.2, -0.15) is 5.10 Å².